The first kappa shape index (κ1) is 18.2. The molecule has 1 amide bonds. The third-order valence-electron chi connectivity index (χ3n) is 3.47. The lowest BCUT2D eigenvalue weighted by atomic mass is 10.0. The van der Waals surface area contributed by atoms with Gasteiger partial charge in [0.1, 0.15) is 5.75 Å². The fourth-order valence-electron chi connectivity index (χ4n) is 2.27. The van der Waals surface area contributed by atoms with E-state index in [4.69, 9.17) is 9.84 Å². The number of hydrazone groups is 1. The molecule has 2 rings (SSSR count). The van der Waals surface area contributed by atoms with Crippen molar-refractivity contribution in [1.29, 1.82) is 0 Å². The molecule has 0 radical (unpaired) electrons. The summed E-state index contributed by atoms with van der Waals surface area (Å²) in [5, 5.41) is 12.5. The minimum Gasteiger partial charge on any atom is -0.482 e. The molecular weight excluding hydrogens is 320 g/mol. The zero-order valence-electron chi connectivity index (χ0n) is 14.2. The van der Waals surface area contributed by atoms with E-state index in [0.29, 0.717) is 11.3 Å². The molecule has 6 nitrogen and oxygen atoms in total. The van der Waals surface area contributed by atoms with E-state index in [1.165, 1.54) is 6.21 Å². The smallest absolute Gasteiger partial charge is 0.341 e. The highest BCUT2D eigenvalue weighted by molar-refractivity contribution is 5.83. The lowest BCUT2D eigenvalue weighted by Gasteiger charge is -2.06. The van der Waals surface area contributed by atoms with Crippen LogP contribution in [0, 0.1) is 13.8 Å². The predicted molar refractivity (Wildman–Crippen MR) is 94.9 cm³/mol. The highest BCUT2D eigenvalue weighted by Gasteiger charge is 2.05. The fraction of sp³-hybridized carbons (Fsp3) is 0.211. The maximum atomic E-state index is 12.0. The van der Waals surface area contributed by atoms with Crippen LogP contribution in [0.2, 0.25) is 0 Å². The molecule has 0 bridgehead atoms. The molecule has 2 aromatic carbocycles. The van der Waals surface area contributed by atoms with Crippen LogP contribution < -0.4 is 10.2 Å². The second kappa shape index (κ2) is 8.63. The van der Waals surface area contributed by atoms with Crippen molar-refractivity contribution in [3.05, 3.63) is 64.7 Å². The molecule has 0 aliphatic heterocycles. The normalized spacial score (nSPS) is 10.6. The van der Waals surface area contributed by atoms with Gasteiger partial charge in [-0.15, -0.1) is 0 Å². The number of carboxylic acid groups (broad SMARTS) is 1. The van der Waals surface area contributed by atoms with Crippen LogP contribution in [-0.4, -0.2) is 29.8 Å². The lowest BCUT2D eigenvalue weighted by molar-refractivity contribution is -0.139. The van der Waals surface area contributed by atoms with Crippen molar-refractivity contribution in [1.82, 2.24) is 5.43 Å². The predicted octanol–water partition coefficient (Wildman–Crippen LogP) is 2.46. The average molecular weight is 340 g/mol. The summed E-state index contributed by atoms with van der Waals surface area (Å²) >= 11 is 0. The molecule has 2 N–H and O–H groups in total. The van der Waals surface area contributed by atoms with Crippen molar-refractivity contribution in [2.75, 3.05) is 6.61 Å². The number of aryl methyl sites for hydroxylation is 2. The first-order valence-electron chi connectivity index (χ1n) is 7.77. The zero-order chi connectivity index (χ0) is 18.2. The number of hydrogen-bond acceptors (Lipinski definition) is 4. The minimum atomic E-state index is -1.04. The molecule has 0 fully saturated rings. The fourth-order valence-corrected chi connectivity index (χ4v) is 2.27. The Balaban J connectivity index is 1.90. The number of amides is 1. The van der Waals surface area contributed by atoms with Crippen LogP contribution in [0.15, 0.2) is 47.6 Å². The standard InChI is InChI=1S/C19H20N2O4/c1-13-6-7-16(14(2)8-13)10-18(22)21-20-11-15-4-3-5-17(9-15)25-12-19(23)24/h3-9,11H,10,12H2,1-2H3,(H,21,22)(H,23,24)/b20-11-. The van der Waals surface area contributed by atoms with Gasteiger partial charge in [0.15, 0.2) is 6.61 Å². The average Bonchev–Trinajstić information content (AvgIpc) is 2.56. The summed E-state index contributed by atoms with van der Waals surface area (Å²) < 4.78 is 5.09. The topological polar surface area (TPSA) is 88.0 Å². The summed E-state index contributed by atoms with van der Waals surface area (Å²) in [6, 6.07) is 12.7. The Hall–Kier alpha value is -3.15. The summed E-state index contributed by atoms with van der Waals surface area (Å²) in [4.78, 5) is 22.5. The largest absolute Gasteiger partial charge is 0.482 e. The van der Waals surface area contributed by atoms with Crippen molar-refractivity contribution in [3.63, 3.8) is 0 Å². The first-order chi connectivity index (χ1) is 11.9. The van der Waals surface area contributed by atoms with Crippen LogP contribution in [0.1, 0.15) is 22.3 Å². The van der Waals surface area contributed by atoms with Crippen molar-refractivity contribution in [3.8, 4) is 5.75 Å². The van der Waals surface area contributed by atoms with Crippen LogP contribution in [0.25, 0.3) is 0 Å². The number of aliphatic carboxylic acids is 1. The number of carbonyl (C=O) groups excluding carboxylic acids is 1. The Morgan fingerprint density at radius 3 is 2.72 bits per heavy atom. The Labute approximate surface area is 146 Å². The van der Waals surface area contributed by atoms with Gasteiger partial charge in [-0.05, 0) is 42.7 Å². The van der Waals surface area contributed by atoms with Gasteiger partial charge >= 0.3 is 5.97 Å². The van der Waals surface area contributed by atoms with Gasteiger partial charge in [-0.3, -0.25) is 4.79 Å². The van der Waals surface area contributed by atoms with Gasteiger partial charge in [0, 0.05) is 0 Å². The number of rotatable bonds is 7. The van der Waals surface area contributed by atoms with E-state index in [-0.39, 0.29) is 12.3 Å². The Bertz CT molecular complexity index is 800. The lowest BCUT2D eigenvalue weighted by Crippen LogP contribution is -2.20. The van der Waals surface area contributed by atoms with E-state index < -0.39 is 12.6 Å². The number of ether oxygens (including phenoxy) is 1. The molecule has 0 aliphatic rings. The van der Waals surface area contributed by atoms with E-state index in [1.807, 2.05) is 32.0 Å². The van der Waals surface area contributed by atoms with E-state index in [1.54, 1.807) is 24.3 Å². The number of carbonyl (C=O) groups is 2. The number of benzene rings is 2. The molecule has 0 atom stereocenters. The maximum Gasteiger partial charge on any atom is 0.341 e. The number of hydrogen-bond donors (Lipinski definition) is 2. The second-order valence-electron chi connectivity index (χ2n) is 5.65. The van der Waals surface area contributed by atoms with Crippen molar-refractivity contribution >= 4 is 18.1 Å². The molecule has 130 valence electrons. The van der Waals surface area contributed by atoms with Crippen molar-refractivity contribution in [2.24, 2.45) is 5.10 Å². The molecule has 0 spiro atoms. The first-order valence-corrected chi connectivity index (χ1v) is 7.77. The summed E-state index contributed by atoms with van der Waals surface area (Å²) in [5.74, 6) is -0.827. The van der Waals surface area contributed by atoms with Gasteiger partial charge in [0.2, 0.25) is 5.91 Å². The molecule has 0 heterocycles. The van der Waals surface area contributed by atoms with Crippen molar-refractivity contribution in [2.45, 2.75) is 20.3 Å². The molecule has 25 heavy (non-hydrogen) atoms. The summed E-state index contributed by atoms with van der Waals surface area (Å²) in [5.41, 5.74) is 6.37. The quantitative estimate of drug-likeness (QED) is 0.599. The second-order valence-corrected chi connectivity index (χ2v) is 5.65. The molecule has 2 aromatic rings. The zero-order valence-corrected chi connectivity index (χ0v) is 14.2. The Morgan fingerprint density at radius 2 is 2.00 bits per heavy atom. The SMILES string of the molecule is Cc1ccc(CC(=O)N/N=C\c2cccc(OCC(=O)O)c2)c(C)c1. The highest BCUT2D eigenvalue weighted by Crippen LogP contribution is 2.12. The molecule has 0 aromatic heterocycles. The van der Waals surface area contributed by atoms with E-state index in [0.717, 1.165) is 16.7 Å². The maximum absolute atomic E-state index is 12.0. The van der Waals surface area contributed by atoms with Gasteiger partial charge in [-0.1, -0.05) is 35.9 Å². The molecule has 0 saturated carbocycles. The Kier molecular flexibility index (Phi) is 6.28. The molecular formula is C19H20N2O4. The number of nitrogens with one attached hydrogen (secondary N) is 1. The Morgan fingerprint density at radius 1 is 1.20 bits per heavy atom. The highest BCUT2D eigenvalue weighted by atomic mass is 16.5. The van der Waals surface area contributed by atoms with Gasteiger partial charge in [0.05, 0.1) is 12.6 Å². The van der Waals surface area contributed by atoms with Gasteiger partial charge in [-0.25, -0.2) is 10.2 Å². The van der Waals surface area contributed by atoms with E-state index in [2.05, 4.69) is 10.5 Å². The van der Waals surface area contributed by atoms with Gasteiger partial charge in [-0.2, -0.15) is 5.10 Å². The van der Waals surface area contributed by atoms with E-state index in [9.17, 15) is 9.59 Å². The summed E-state index contributed by atoms with van der Waals surface area (Å²) in [6.07, 6.45) is 1.73. The van der Waals surface area contributed by atoms with Gasteiger partial charge in [0.25, 0.3) is 0 Å². The third-order valence-corrected chi connectivity index (χ3v) is 3.47. The van der Waals surface area contributed by atoms with Crippen LogP contribution in [0.3, 0.4) is 0 Å². The van der Waals surface area contributed by atoms with E-state index >= 15 is 0 Å². The molecule has 6 heteroatoms. The van der Waals surface area contributed by atoms with Crippen LogP contribution in [0.4, 0.5) is 0 Å². The molecule has 0 aliphatic carbocycles. The van der Waals surface area contributed by atoms with Gasteiger partial charge < -0.3 is 9.84 Å². The molecule has 0 saturated heterocycles. The van der Waals surface area contributed by atoms with Crippen LogP contribution >= 0.6 is 0 Å². The minimum absolute atomic E-state index is 0.207. The van der Waals surface area contributed by atoms with Crippen molar-refractivity contribution < 1.29 is 19.4 Å². The molecule has 0 unspecified atom stereocenters. The summed E-state index contributed by atoms with van der Waals surface area (Å²) in [7, 11) is 0. The van der Waals surface area contributed by atoms with Crippen LogP contribution in [-0.2, 0) is 16.0 Å². The monoisotopic (exact) mass is 340 g/mol. The third kappa shape index (κ3) is 6.10. The summed E-state index contributed by atoms with van der Waals surface area (Å²) in [6.45, 7) is 3.57. The van der Waals surface area contributed by atoms with Crippen LogP contribution in [0.5, 0.6) is 5.75 Å². The number of nitrogens with zero attached hydrogens (tertiary/aromatic N) is 1. The number of carboxylic acids is 1.